The number of carbonyl (C=O) groups is 1. The highest BCUT2D eigenvalue weighted by atomic mass is 79.9. The molecule has 0 radical (unpaired) electrons. The second-order valence-corrected chi connectivity index (χ2v) is 5.07. The first-order valence-electron chi connectivity index (χ1n) is 5.83. The third-order valence-corrected chi connectivity index (χ3v) is 3.10. The van der Waals surface area contributed by atoms with Crippen molar-refractivity contribution in [3.8, 4) is 11.5 Å². The van der Waals surface area contributed by atoms with Crippen LogP contribution in [0.2, 0.25) is 0 Å². The molecule has 1 amide bonds. The van der Waals surface area contributed by atoms with Crippen LogP contribution in [0.4, 0.5) is 0 Å². The number of rotatable bonds is 6. The molecular formula is C13H19BrN2O3. The van der Waals surface area contributed by atoms with Gasteiger partial charge in [-0.05, 0) is 40.7 Å². The fourth-order valence-electron chi connectivity index (χ4n) is 1.48. The molecule has 0 spiro atoms. The Hall–Kier alpha value is -1.27. The Morgan fingerprint density at radius 1 is 1.42 bits per heavy atom. The van der Waals surface area contributed by atoms with Gasteiger partial charge in [-0.15, -0.1) is 0 Å². The van der Waals surface area contributed by atoms with Crippen molar-refractivity contribution in [3.63, 3.8) is 0 Å². The van der Waals surface area contributed by atoms with Gasteiger partial charge in [0.15, 0.2) is 18.1 Å². The number of amides is 1. The Morgan fingerprint density at radius 2 is 2.11 bits per heavy atom. The first kappa shape index (κ1) is 15.8. The number of hydrogen-bond donors (Lipinski definition) is 1. The average molecular weight is 331 g/mol. The standard InChI is InChI=1S/C13H19BrN2O3/c1-15-7-9-5-10(14)13(11(6-9)18-4)19-8-12(17)16(2)3/h5-6,15H,7-8H2,1-4H3. The maximum atomic E-state index is 11.5. The van der Waals surface area contributed by atoms with E-state index in [-0.39, 0.29) is 12.5 Å². The van der Waals surface area contributed by atoms with Crippen LogP contribution in [0.5, 0.6) is 11.5 Å². The Labute approximate surface area is 122 Å². The summed E-state index contributed by atoms with van der Waals surface area (Å²) in [7, 11) is 6.83. The van der Waals surface area contributed by atoms with E-state index in [0.29, 0.717) is 11.5 Å². The van der Waals surface area contributed by atoms with Gasteiger partial charge in [0, 0.05) is 20.6 Å². The minimum absolute atomic E-state index is 0.0205. The van der Waals surface area contributed by atoms with Crippen LogP contribution < -0.4 is 14.8 Å². The van der Waals surface area contributed by atoms with Crippen molar-refractivity contribution in [1.29, 1.82) is 0 Å². The van der Waals surface area contributed by atoms with Crippen molar-refractivity contribution in [3.05, 3.63) is 22.2 Å². The summed E-state index contributed by atoms with van der Waals surface area (Å²) in [6, 6.07) is 3.82. The van der Waals surface area contributed by atoms with Crippen molar-refractivity contribution < 1.29 is 14.3 Å². The number of benzene rings is 1. The number of hydrogen-bond acceptors (Lipinski definition) is 4. The maximum Gasteiger partial charge on any atom is 0.259 e. The van der Waals surface area contributed by atoms with Crippen molar-refractivity contribution in [1.82, 2.24) is 10.2 Å². The summed E-state index contributed by atoms with van der Waals surface area (Å²) in [5, 5.41) is 3.07. The van der Waals surface area contributed by atoms with Crippen LogP contribution in [0.15, 0.2) is 16.6 Å². The van der Waals surface area contributed by atoms with E-state index in [9.17, 15) is 4.79 Å². The average Bonchev–Trinajstić information content (AvgIpc) is 2.36. The zero-order chi connectivity index (χ0) is 14.4. The monoisotopic (exact) mass is 330 g/mol. The van der Waals surface area contributed by atoms with E-state index in [1.165, 1.54) is 4.90 Å². The molecule has 0 bridgehead atoms. The van der Waals surface area contributed by atoms with E-state index < -0.39 is 0 Å². The second-order valence-electron chi connectivity index (χ2n) is 4.22. The molecular weight excluding hydrogens is 312 g/mol. The van der Waals surface area contributed by atoms with Crippen molar-refractivity contribution in [2.45, 2.75) is 6.54 Å². The van der Waals surface area contributed by atoms with E-state index >= 15 is 0 Å². The van der Waals surface area contributed by atoms with Gasteiger partial charge in [0.2, 0.25) is 0 Å². The van der Waals surface area contributed by atoms with Gasteiger partial charge in [-0.2, -0.15) is 0 Å². The second kappa shape index (κ2) is 7.35. The third-order valence-electron chi connectivity index (χ3n) is 2.51. The number of carbonyl (C=O) groups excluding carboxylic acids is 1. The van der Waals surface area contributed by atoms with Crippen LogP contribution in [0, 0.1) is 0 Å². The summed E-state index contributed by atoms with van der Waals surface area (Å²) in [6.45, 7) is 0.708. The highest BCUT2D eigenvalue weighted by molar-refractivity contribution is 9.10. The molecule has 0 aliphatic carbocycles. The van der Waals surface area contributed by atoms with E-state index in [0.717, 1.165) is 16.6 Å². The molecule has 0 aromatic heterocycles. The van der Waals surface area contributed by atoms with Crippen LogP contribution in [-0.2, 0) is 11.3 Å². The van der Waals surface area contributed by atoms with Gasteiger partial charge in [-0.25, -0.2) is 0 Å². The molecule has 0 fully saturated rings. The molecule has 0 aliphatic heterocycles. The number of ether oxygens (including phenoxy) is 2. The molecule has 19 heavy (non-hydrogen) atoms. The predicted molar refractivity (Wildman–Crippen MR) is 77.6 cm³/mol. The lowest BCUT2D eigenvalue weighted by Crippen LogP contribution is -2.27. The number of methoxy groups -OCH3 is 1. The quantitative estimate of drug-likeness (QED) is 0.861. The van der Waals surface area contributed by atoms with Crippen molar-refractivity contribution in [2.24, 2.45) is 0 Å². The minimum atomic E-state index is -0.103. The fraction of sp³-hybridized carbons (Fsp3) is 0.462. The highest BCUT2D eigenvalue weighted by Gasteiger charge is 2.14. The number of nitrogens with zero attached hydrogens (tertiary/aromatic N) is 1. The summed E-state index contributed by atoms with van der Waals surface area (Å²) < 4.78 is 11.6. The zero-order valence-corrected chi connectivity index (χ0v) is 13.2. The topological polar surface area (TPSA) is 50.8 Å². The Morgan fingerprint density at radius 3 is 2.63 bits per heavy atom. The number of nitrogens with one attached hydrogen (secondary N) is 1. The molecule has 0 heterocycles. The Kier molecular flexibility index (Phi) is 6.11. The predicted octanol–water partition coefficient (Wildman–Crippen LogP) is 1.64. The lowest BCUT2D eigenvalue weighted by molar-refractivity contribution is -0.130. The van der Waals surface area contributed by atoms with Crippen molar-refractivity contribution in [2.75, 3.05) is 34.9 Å². The molecule has 0 unspecified atom stereocenters. The molecule has 0 saturated heterocycles. The first-order chi connectivity index (χ1) is 8.99. The summed E-state index contributed by atoms with van der Waals surface area (Å²) in [4.78, 5) is 13.0. The third kappa shape index (κ3) is 4.40. The van der Waals surface area contributed by atoms with Gasteiger partial charge in [-0.3, -0.25) is 4.79 Å². The van der Waals surface area contributed by atoms with E-state index in [4.69, 9.17) is 9.47 Å². The van der Waals surface area contributed by atoms with Crippen LogP contribution in [0.25, 0.3) is 0 Å². The first-order valence-corrected chi connectivity index (χ1v) is 6.62. The van der Waals surface area contributed by atoms with E-state index in [1.807, 2.05) is 19.2 Å². The Bertz CT molecular complexity index is 450. The molecule has 6 heteroatoms. The molecule has 106 valence electrons. The maximum absolute atomic E-state index is 11.5. The van der Waals surface area contributed by atoms with Crippen LogP contribution in [-0.4, -0.2) is 45.7 Å². The van der Waals surface area contributed by atoms with Crippen LogP contribution in [0.1, 0.15) is 5.56 Å². The van der Waals surface area contributed by atoms with Crippen LogP contribution in [0.3, 0.4) is 0 Å². The lowest BCUT2D eigenvalue weighted by atomic mass is 10.2. The Balaban J connectivity index is 2.90. The smallest absolute Gasteiger partial charge is 0.259 e. The fourth-order valence-corrected chi connectivity index (χ4v) is 2.09. The van der Waals surface area contributed by atoms with Gasteiger partial charge in [0.1, 0.15) is 0 Å². The van der Waals surface area contributed by atoms with Gasteiger partial charge in [-0.1, -0.05) is 0 Å². The van der Waals surface area contributed by atoms with E-state index in [1.54, 1.807) is 21.2 Å². The minimum Gasteiger partial charge on any atom is -0.493 e. The molecule has 0 saturated carbocycles. The highest BCUT2D eigenvalue weighted by Crippen LogP contribution is 2.36. The molecule has 1 rings (SSSR count). The molecule has 1 N–H and O–H groups in total. The van der Waals surface area contributed by atoms with Gasteiger partial charge in [0.25, 0.3) is 5.91 Å². The van der Waals surface area contributed by atoms with Crippen LogP contribution >= 0.6 is 15.9 Å². The molecule has 0 atom stereocenters. The van der Waals surface area contributed by atoms with E-state index in [2.05, 4.69) is 21.2 Å². The number of halogens is 1. The van der Waals surface area contributed by atoms with Crippen molar-refractivity contribution >= 4 is 21.8 Å². The van der Waals surface area contributed by atoms with Gasteiger partial charge < -0.3 is 19.7 Å². The normalized spacial score (nSPS) is 10.2. The van der Waals surface area contributed by atoms with Gasteiger partial charge in [0.05, 0.1) is 11.6 Å². The largest absolute Gasteiger partial charge is 0.493 e. The zero-order valence-electron chi connectivity index (χ0n) is 11.6. The van der Waals surface area contributed by atoms with Gasteiger partial charge >= 0.3 is 0 Å². The lowest BCUT2D eigenvalue weighted by Gasteiger charge is -2.16. The summed E-state index contributed by atoms with van der Waals surface area (Å²) in [6.07, 6.45) is 0. The summed E-state index contributed by atoms with van der Waals surface area (Å²) in [5.41, 5.74) is 1.07. The molecule has 1 aromatic rings. The summed E-state index contributed by atoms with van der Waals surface area (Å²) in [5.74, 6) is 1.04. The molecule has 1 aromatic carbocycles. The SMILES string of the molecule is CNCc1cc(Br)c(OCC(=O)N(C)C)c(OC)c1. The molecule has 5 nitrogen and oxygen atoms in total. The molecule has 0 aliphatic rings. The summed E-state index contributed by atoms with van der Waals surface area (Å²) >= 11 is 3.44. The number of likely N-dealkylation sites (N-methyl/N-ethyl adjacent to an activating group) is 1.